The van der Waals surface area contributed by atoms with E-state index in [0.717, 1.165) is 25.5 Å². The van der Waals surface area contributed by atoms with Crippen molar-refractivity contribution in [2.24, 2.45) is 5.73 Å². The van der Waals surface area contributed by atoms with Crippen LogP contribution < -0.4 is 5.73 Å². The summed E-state index contributed by atoms with van der Waals surface area (Å²) in [7, 11) is 0. The molecule has 0 amide bonds. The zero-order chi connectivity index (χ0) is 11.9. The molecule has 1 aliphatic carbocycles. The van der Waals surface area contributed by atoms with Crippen LogP contribution in [0.15, 0.2) is 22.9 Å². The van der Waals surface area contributed by atoms with E-state index in [2.05, 4.69) is 15.1 Å². The Labute approximate surface area is 96.9 Å². The number of halogens is 1. The van der Waals surface area contributed by atoms with Crippen LogP contribution in [0, 0.1) is 5.82 Å². The molecule has 0 radical (unpaired) electrons. The summed E-state index contributed by atoms with van der Waals surface area (Å²) >= 11 is 0. The van der Waals surface area contributed by atoms with Crippen molar-refractivity contribution in [3.05, 3.63) is 30.0 Å². The van der Waals surface area contributed by atoms with Gasteiger partial charge in [0.15, 0.2) is 0 Å². The fraction of sp³-hybridized carbons (Fsp3) is 0.364. The Kier molecular flexibility index (Phi) is 2.19. The first-order valence-electron chi connectivity index (χ1n) is 5.42. The molecule has 2 aromatic rings. The molecular formula is C11H11FN4O. The molecule has 1 saturated carbocycles. The SMILES string of the molecule is NC1(c2nc(-c3ccc(F)cn3)no2)CCC1. The van der Waals surface area contributed by atoms with Gasteiger partial charge in [0.1, 0.15) is 11.5 Å². The van der Waals surface area contributed by atoms with Gasteiger partial charge in [0.2, 0.25) is 11.7 Å². The van der Waals surface area contributed by atoms with E-state index in [1.807, 2.05) is 0 Å². The van der Waals surface area contributed by atoms with E-state index in [-0.39, 0.29) is 0 Å². The van der Waals surface area contributed by atoms with Crippen molar-refractivity contribution >= 4 is 0 Å². The van der Waals surface area contributed by atoms with Gasteiger partial charge < -0.3 is 10.3 Å². The summed E-state index contributed by atoms with van der Waals surface area (Å²) in [5.74, 6) is 0.383. The second-order valence-corrected chi connectivity index (χ2v) is 4.29. The van der Waals surface area contributed by atoms with Gasteiger partial charge in [-0.1, -0.05) is 5.16 Å². The highest BCUT2D eigenvalue weighted by Gasteiger charge is 2.40. The van der Waals surface area contributed by atoms with Crippen LogP contribution in [0.25, 0.3) is 11.5 Å². The van der Waals surface area contributed by atoms with Crippen molar-refractivity contribution in [2.45, 2.75) is 24.8 Å². The van der Waals surface area contributed by atoms with Crippen LogP contribution in [0.4, 0.5) is 4.39 Å². The van der Waals surface area contributed by atoms with Gasteiger partial charge in [0.05, 0.1) is 11.7 Å². The standard InChI is InChI=1S/C11H11FN4O/c12-7-2-3-8(14-6-7)9-15-10(17-16-9)11(13)4-1-5-11/h2-3,6H,1,4-5,13H2. The monoisotopic (exact) mass is 234 g/mol. The van der Waals surface area contributed by atoms with Gasteiger partial charge in [-0.2, -0.15) is 4.98 Å². The summed E-state index contributed by atoms with van der Waals surface area (Å²) < 4.78 is 17.9. The Morgan fingerprint density at radius 1 is 1.35 bits per heavy atom. The Bertz CT molecular complexity index is 533. The highest BCUT2D eigenvalue weighted by atomic mass is 19.1. The van der Waals surface area contributed by atoms with Crippen molar-refractivity contribution in [3.63, 3.8) is 0 Å². The number of nitrogens with two attached hydrogens (primary N) is 1. The first kappa shape index (κ1) is 10.3. The van der Waals surface area contributed by atoms with Crippen molar-refractivity contribution in [2.75, 3.05) is 0 Å². The molecule has 2 heterocycles. The van der Waals surface area contributed by atoms with Gasteiger partial charge in [-0.15, -0.1) is 0 Å². The van der Waals surface area contributed by atoms with Crippen LogP contribution in [0.1, 0.15) is 25.2 Å². The Morgan fingerprint density at radius 2 is 2.18 bits per heavy atom. The van der Waals surface area contributed by atoms with E-state index in [0.29, 0.717) is 17.4 Å². The maximum Gasteiger partial charge on any atom is 0.247 e. The molecule has 0 saturated heterocycles. The quantitative estimate of drug-likeness (QED) is 0.854. The molecule has 1 aliphatic rings. The van der Waals surface area contributed by atoms with Crippen LogP contribution in [-0.4, -0.2) is 15.1 Å². The summed E-state index contributed by atoms with van der Waals surface area (Å²) in [6.07, 6.45) is 3.90. The molecule has 0 aromatic carbocycles. The van der Waals surface area contributed by atoms with Crippen molar-refractivity contribution < 1.29 is 8.91 Å². The smallest absolute Gasteiger partial charge is 0.247 e. The summed E-state index contributed by atoms with van der Waals surface area (Å²) in [6, 6.07) is 2.81. The topological polar surface area (TPSA) is 77.8 Å². The van der Waals surface area contributed by atoms with Crippen LogP contribution in [-0.2, 0) is 5.54 Å². The summed E-state index contributed by atoms with van der Waals surface area (Å²) in [5, 5.41) is 3.81. The van der Waals surface area contributed by atoms with E-state index in [9.17, 15) is 4.39 Å². The lowest BCUT2D eigenvalue weighted by molar-refractivity contribution is 0.181. The predicted octanol–water partition coefficient (Wildman–Crippen LogP) is 1.61. The first-order chi connectivity index (χ1) is 8.17. The van der Waals surface area contributed by atoms with E-state index in [4.69, 9.17) is 10.3 Å². The second-order valence-electron chi connectivity index (χ2n) is 4.29. The number of pyridine rings is 1. The first-order valence-corrected chi connectivity index (χ1v) is 5.42. The number of hydrogen-bond donors (Lipinski definition) is 1. The largest absolute Gasteiger partial charge is 0.337 e. The second kappa shape index (κ2) is 3.59. The zero-order valence-electron chi connectivity index (χ0n) is 9.06. The lowest BCUT2D eigenvalue weighted by Crippen LogP contribution is -2.43. The fourth-order valence-electron chi connectivity index (χ4n) is 1.81. The van der Waals surface area contributed by atoms with E-state index in [1.165, 1.54) is 12.1 Å². The number of aromatic nitrogens is 3. The van der Waals surface area contributed by atoms with Gasteiger partial charge in [-0.05, 0) is 31.4 Å². The lowest BCUT2D eigenvalue weighted by Gasteiger charge is -2.33. The minimum Gasteiger partial charge on any atom is -0.337 e. The fourth-order valence-corrected chi connectivity index (χ4v) is 1.81. The van der Waals surface area contributed by atoms with E-state index >= 15 is 0 Å². The van der Waals surface area contributed by atoms with Gasteiger partial charge in [0.25, 0.3) is 0 Å². The van der Waals surface area contributed by atoms with Gasteiger partial charge in [0, 0.05) is 0 Å². The van der Waals surface area contributed by atoms with Crippen molar-refractivity contribution in [1.29, 1.82) is 0 Å². The van der Waals surface area contributed by atoms with Gasteiger partial charge >= 0.3 is 0 Å². The zero-order valence-corrected chi connectivity index (χ0v) is 9.06. The molecule has 2 N–H and O–H groups in total. The maximum atomic E-state index is 12.7. The van der Waals surface area contributed by atoms with E-state index in [1.54, 1.807) is 0 Å². The maximum absolute atomic E-state index is 12.7. The molecule has 2 aromatic heterocycles. The molecule has 1 fully saturated rings. The third-order valence-electron chi connectivity index (χ3n) is 3.05. The number of nitrogens with zero attached hydrogens (tertiary/aromatic N) is 3. The number of hydrogen-bond acceptors (Lipinski definition) is 5. The van der Waals surface area contributed by atoms with Crippen LogP contribution in [0.2, 0.25) is 0 Å². The number of rotatable bonds is 2. The highest BCUT2D eigenvalue weighted by molar-refractivity contribution is 5.47. The third-order valence-corrected chi connectivity index (χ3v) is 3.05. The molecule has 0 spiro atoms. The molecule has 0 atom stereocenters. The van der Waals surface area contributed by atoms with Crippen molar-refractivity contribution in [3.8, 4) is 11.5 Å². The third kappa shape index (κ3) is 1.70. The van der Waals surface area contributed by atoms with Gasteiger partial charge in [-0.3, -0.25) is 0 Å². The van der Waals surface area contributed by atoms with Crippen LogP contribution in [0.5, 0.6) is 0 Å². The van der Waals surface area contributed by atoms with Crippen LogP contribution >= 0.6 is 0 Å². The molecule has 6 heteroatoms. The summed E-state index contributed by atoms with van der Waals surface area (Å²) in [4.78, 5) is 8.10. The Hall–Kier alpha value is -1.82. The highest BCUT2D eigenvalue weighted by Crippen LogP contribution is 2.38. The predicted molar refractivity (Wildman–Crippen MR) is 57.2 cm³/mol. The normalized spacial score (nSPS) is 17.8. The Morgan fingerprint density at radius 3 is 2.76 bits per heavy atom. The summed E-state index contributed by atoms with van der Waals surface area (Å²) in [6.45, 7) is 0. The molecular weight excluding hydrogens is 223 g/mol. The lowest BCUT2D eigenvalue weighted by atomic mass is 9.78. The summed E-state index contributed by atoms with van der Waals surface area (Å²) in [5.41, 5.74) is 6.06. The van der Waals surface area contributed by atoms with E-state index < -0.39 is 11.4 Å². The molecule has 17 heavy (non-hydrogen) atoms. The average Bonchev–Trinajstić information content (AvgIpc) is 2.76. The molecule has 5 nitrogen and oxygen atoms in total. The average molecular weight is 234 g/mol. The molecule has 0 unspecified atom stereocenters. The minimum atomic E-state index is -0.481. The van der Waals surface area contributed by atoms with Crippen molar-refractivity contribution in [1.82, 2.24) is 15.1 Å². The molecule has 3 rings (SSSR count). The van der Waals surface area contributed by atoms with Crippen LogP contribution in [0.3, 0.4) is 0 Å². The molecule has 0 aliphatic heterocycles. The van der Waals surface area contributed by atoms with Gasteiger partial charge in [-0.25, -0.2) is 9.37 Å². The Balaban J connectivity index is 1.92. The minimum absolute atomic E-state index is 0.344. The molecule has 88 valence electrons. The molecule has 0 bridgehead atoms.